The quantitative estimate of drug-likeness (QED) is 0.488. The second-order valence-electron chi connectivity index (χ2n) is 11.3. The smallest absolute Gasteiger partial charge is 0.309 e. The Kier molecular flexibility index (Phi) is 6.58. The number of hydrogen-bond donors (Lipinski definition) is 1. The molecule has 4 saturated carbocycles. The topological polar surface area (TPSA) is 99.1 Å². The molecule has 0 unspecified atom stereocenters. The highest BCUT2D eigenvalue weighted by molar-refractivity contribution is 5.74. The molecule has 0 aromatic carbocycles. The van der Waals surface area contributed by atoms with Crippen LogP contribution in [0.15, 0.2) is 0 Å². The Balaban J connectivity index is 1.63. The number of fused-ring (bicyclic) bond motifs is 5. The summed E-state index contributed by atoms with van der Waals surface area (Å²) >= 11 is 0. The van der Waals surface area contributed by atoms with E-state index in [0.29, 0.717) is 44.1 Å². The Hall–Kier alpha value is -1.63. The fraction of sp³-hybridized carbons (Fsp3) is 0.885. The first-order chi connectivity index (χ1) is 15.6. The number of esters is 3. The summed E-state index contributed by atoms with van der Waals surface area (Å²) in [5, 5.41) is 12.0. The fourth-order valence-electron chi connectivity index (χ4n) is 8.51. The second kappa shape index (κ2) is 8.86. The van der Waals surface area contributed by atoms with Crippen LogP contribution in [0, 0.1) is 34.5 Å². The van der Waals surface area contributed by atoms with E-state index in [2.05, 4.69) is 6.92 Å². The van der Waals surface area contributed by atoms with Crippen molar-refractivity contribution in [1.29, 1.82) is 0 Å². The standard InChI is InChI=1S/C26H40O7/c1-5-31-23(29)22-7-6-20-19-9-13-26(30)14-18(33-17(3)28)8-12-25(26,15-32-16(2)27)21(19)10-11-24(20,22)4/h18-22,30H,5-15H2,1-4H3/t18-,19+,20+,21+,22-,24-,25-,26+/m0/s1. The van der Waals surface area contributed by atoms with Gasteiger partial charge in [-0.1, -0.05) is 6.92 Å². The highest BCUT2D eigenvalue weighted by atomic mass is 16.5. The average molecular weight is 465 g/mol. The third-order valence-electron chi connectivity index (χ3n) is 9.88. The molecule has 0 heterocycles. The Morgan fingerprint density at radius 3 is 2.33 bits per heavy atom. The molecule has 0 bridgehead atoms. The minimum atomic E-state index is -1.03. The summed E-state index contributed by atoms with van der Waals surface area (Å²) in [6.07, 6.45) is 6.57. The average Bonchev–Trinajstić information content (AvgIpc) is 3.09. The lowest BCUT2D eigenvalue weighted by Gasteiger charge is -2.64. The largest absolute Gasteiger partial charge is 0.466 e. The lowest BCUT2D eigenvalue weighted by Crippen LogP contribution is -2.66. The van der Waals surface area contributed by atoms with Crippen molar-refractivity contribution < 1.29 is 33.7 Å². The first-order valence-electron chi connectivity index (χ1n) is 12.8. The molecule has 8 atom stereocenters. The van der Waals surface area contributed by atoms with Crippen LogP contribution in [0.4, 0.5) is 0 Å². The van der Waals surface area contributed by atoms with Crippen LogP contribution in [0.2, 0.25) is 0 Å². The van der Waals surface area contributed by atoms with E-state index < -0.39 is 11.0 Å². The molecule has 0 spiro atoms. The van der Waals surface area contributed by atoms with Gasteiger partial charge in [0, 0.05) is 25.7 Å². The van der Waals surface area contributed by atoms with E-state index in [-0.39, 0.29) is 47.9 Å². The van der Waals surface area contributed by atoms with Gasteiger partial charge in [0.2, 0.25) is 0 Å². The van der Waals surface area contributed by atoms with Crippen LogP contribution in [0.25, 0.3) is 0 Å². The summed E-state index contributed by atoms with van der Waals surface area (Å²) in [4.78, 5) is 36.1. The molecule has 7 heteroatoms. The minimum Gasteiger partial charge on any atom is -0.466 e. The van der Waals surface area contributed by atoms with Crippen LogP contribution in [-0.2, 0) is 28.6 Å². The van der Waals surface area contributed by atoms with Crippen LogP contribution in [0.3, 0.4) is 0 Å². The van der Waals surface area contributed by atoms with Crippen LogP contribution < -0.4 is 0 Å². The zero-order valence-corrected chi connectivity index (χ0v) is 20.6. The number of rotatable bonds is 5. The Morgan fingerprint density at radius 2 is 1.67 bits per heavy atom. The maximum Gasteiger partial charge on any atom is 0.309 e. The maximum absolute atomic E-state index is 12.7. The molecule has 186 valence electrons. The maximum atomic E-state index is 12.7. The zero-order valence-electron chi connectivity index (χ0n) is 20.6. The molecule has 0 aromatic rings. The van der Waals surface area contributed by atoms with Gasteiger partial charge in [-0.15, -0.1) is 0 Å². The molecular formula is C26H40O7. The van der Waals surface area contributed by atoms with Crippen molar-refractivity contribution in [3.8, 4) is 0 Å². The molecule has 0 saturated heterocycles. The Morgan fingerprint density at radius 1 is 0.909 bits per heavy atom. The van der Waals surface area contributed by atoms with E-state index in [4.69, 9.17) is 14.2 Å². The molecule has 4 aliphatic rings. The monoisotopic (exact) mass is 464 g/mol. The predicted molar refractivity (Wildman–Crippen MR) is 120 cm³/mol. The van der Waals surface area contributed by atoms with Gasteiger partial charge >= 0.3 is 17.9 Å². The van der Waals surface area contributed by atoms with Gasteiger partial charge in [-0.2, -0.15) is 0 Å². The minimum absolute atomic E-state index is 0.0617. The number of hydrogen-bond acceptors (Lipinski definition) is 7. The van der Waals surface area contributed by atoms with Crippen LogP contribution in [0.5, 0.6) is 0 Å². The van der Waals surface area contributed by atoms with E-state index in [0.717, 1.165) is 32.1 Å². The third-order valence-corrected chi connectivity index (χ3v) is 9.88. The van der Waals surface area contributed by atoms with E-state index in [1.807, 2.05) is 6.92 Å². The van der Waals surface area contributed by atoms with Gasteiger partial charge in [-0.3, -0.25) is 14.4 Å². The molecule has 0 radical (unpaired) electrons. The summed E-state index contributed by atoms with van der Waals surface area (Å²) < 4.78 is 16.6. The van der Waals surface area contributed by atoms with Crippen molar-refractivity contribution >= 4 is 17.9 Å². The zero-order chi connectivity index (χ0) is 24.0. The van der Waals surface area contributed by atoms with Crippen molar-refractivity contribution in [1.82, 2.24) is 0 Å². The van der Waals surface area contributed by atoms with Gasteiger partial charge in [-0.05, 0) is 81.5 Å². The summed E-state index contributed by atoms with van der Waals surface area (Å²) in [6, 6.07) is 0. The first-order valence-corrected chi connectivity index (χ1v) is 12.8. The van der Waals surface area contributed by atoms with Crippen molar-refractivity contribution in [3.63, 3.8) is 0 Å². The van der Waals surface area contributed by atoms with Gasteiger partial charge in [0.25, 0.3) is 0 Å². The van der Waals surface area contributed by atoms with Crippen molar-refractivity contribution in [2.75, 3.05) is 13.2 Å². The van der Waals surface area contributed by atoms with Gasteiger partial charge in [-0.25, -0.2) is 0 Å². The van der Waals surface area contributed by atoms with E-state index >= 15 is 0 Å². The summed E-state index contributed by atoms with van der Waals surface area (Å²) in [5.41, 5.74) is -1.66. The molecule has 1 N–H and O–H groups in total. The highest BCUT2D eigenvalue weighted by Crippen LogP contribution is 2.68. The van der Waals surface area contributed by atoms with Crippen molar-refractivity contribution in [3.05, 3.63) is 0 Å². The summed E-state index contributed by atoms with van der Waals surface area (Å²) in [5.74, 6) is 0.208. The summed E-state index contributed by atoms with van der Waals surface area (Å²) in [6.45, 7) is 7.56. The molecule has 0 aromatic heterocycles. The van der Waals surface area contributed by atoms with Crippen LogP contribution in [0.1, 0.15) is 85.5 Å². The first kappa shape index (κ1) is 24.5. The molecule has 33 heavy (non-hydrogen) atoms. The van der Waals surface area contributed by atoms with Crippen LogP contribution in [-0.4, -0.2) is 47.9 Å². The van der Waals surface area contributed by atoms with Crippen LogP contribution >= 0.6 is 0 Å². The fourth-order valence-corrected chi connectivity index (χ4v) is 8.51. The number of aliphatic hydroxyl groups is 1. The molecule has 0 amide bonds. The number of carbonyl (C=O) groups excluding carboxylic acids is 3. The summed E-state index contributed by atoms with van der Waals surface area (Å²) in [7, 11) is 0. The number of carbonyl (C=O) groups is 3. The normalized spacial score (nSPS) is 44.1. The lowest BCUT2D eigenvalue weighted by atomic mass is 9.43. The number of ether oxygens (including phenoxy) is 3. The van der Waals surface area contributed by atoms with E-state index in [1.54, 1.807) is 0 Å². The van der Waals surface area contributed by atoms with Crippen molar-refractivity contribution in [2.24, 2.45) is 34.5 Å². The second-order valence-corrected chi connectivity index (χ2v) is 11.3. The molecule has 7 nitrogen and oxygen atoms in total. The Bertz CT molecular complexity index is 796. The van der Waals surface area contributed by atoms with Crippen molar-refractivity contribution in [2.45, 2.75) is 97.2 Å². The Labute approximate surface area is 196 Å². The molecule has 0 aliphatic heterocycles. The highest BCUT2D eigenvalue weighted by Gasteiger charge is 2.67. The molecule has 4 fully saturated rings. The van der Waals surface area contributed by atoms with Gasteiger partial charge in [0.15, 0.2) is 0 Å². The molecule has 4 rings (SSSR count). The molecule has 4 aliphatic carbocycles. The third kappa shape index (κ3) is 3.98. The SMILES string of the molecule is CCOC(=O)[C@@H]1CC[C@@H]2[C@H]3CC[C@@]4(O)C[C@@H](OC(C)=O)CC[C@]4(COC(C)=O)[C@@H]3CC[C@@]21C. The van der Waals surface area contributed by atoms with Gasteiger partial charge in [0.1, 0.15) is 6.10 Å². The predicted octanol–water partition coefficient (Wildman–Crippen LogP) is 3.80. The van der Waals surface area contributed by atoms with E-state index in [1.165, 1.54) is 13.8 Å². The lowest BCUT2D eigenvalue weighted by molar-refractivity contribution is -0.245. The van der Waals surface area contributed by atoms with Gasteiger partial charge < -0.3 is 19.3 Å². The van der Waals surface area contributed by atoms with E-state index in [9.17, 15) is 19.5 Å². The molecular weight excluding hydrogens is 424 g/mol. The van der Waals surface area contributed by atoms with Gasteiger partial charge in [0.05, 0.1) is 24.7 Å².